The lowest BCUT2D eigenvalue weighted by molar-refractivity contribution is -0.142. The zero-order valence-electron chi connectivity index (χ0n) is 14.0. The highest BCUT2D eigenvalue weighted by molar-refractivity contribution is 7.13. The lowest BCUT2D eigenvalue weighted by atomic mass is 10.1. The van der Waals surface area contributed by atoms with Gasteiger partial charge in [0.2, 0.25) is 0 Å². The van der Waals surface area contributed by atoms with E-state index in [1.165, 1.54) is 28.6 Å². The Bertz CT molecular complexity index is 1040. The molecule has 0 radical (unpaired) electrons. The number of aromatic nitrogens is 3. The molecule has 0 unspecified atom stereocenters. The molecule has 6 nitrogen and oxygen atoms in total. The summed E-state index contributed by atoms with van der Waals surface area (Å²) in [6, 6.07) is 3.35. The summed E-state index contributed by atoms with van der Waals surface area (Å²) < 4.78 is 38.3. The Morgan fingerprint density at radius 2 is 2.11 bits per heavy atom. The summed E-state index contributed by atoms with van der Waals surface area (Å²) in [6.45, 7) is 0.717. The summed E-state index contributed by atoms with van der Waals surface area (Å²) in [5.41, 5.74) is 2.64. The molecule has 4 heterocycles. The Kier molecular flexibility index (Phi) is 3.95. The number of rotatable bonds is 3. The number of anilines is 1. The lowest BCUT2D eigenvalue weighted by Crippen LogP contribution is -2.23. The molecule has 0 atom stereocenters. The number of pyridine rings is 1. The van der Waals surface area contributed by atoms with E-state index in [0.717, 1.165) is 15.1 Å². The van der Waals surface area contributed by atoms with Crippen molar-refractivity contribution in [1.29, 1.82) is 0 Å². The van der Waals surface area contributed by atoms with E-state index < -0.39 is 12.7 Å². The van der Waals surface area contributed by atoms with Crippen molar-refractivity contribution in [1.82, 2.24) is 14.8 Å². The van der Waals surface area contributed by atoms with Gasteiger partial charge >= 0.3 is 6.18 Å². The number of carbonyl (C=O) groups is 1. The molecule has 0 aliphatic carbocycles. The number of aryl methyl sites for hydroxylation is 1. The highest BCUT2D eigenvalue weighted by Gasteiger charge is 2.34. The van der Waals surface area contributed by atoms with Gasteiger partial charge in [-0.3, -0.25) is 14.4 Å². The third kappa shape index (κ3) is 3.27. The van der Waals surface area contributed by atoms with E-state index in [2.05, 4.69) is 10.1 Å². The van der Waals surface area contributed by atoms with Gasteiger partial charge in [0.25, 0.3) is 5.91 Å². The van der Waals surface area contributed by atoms with Crippen LogP contribution in [0.2, 0.25) is 0 Å². The molecule has 27 heavy (non-hydrogen) atoms. The minimum absolute atomic E-state index is 0.143. The molecule has 3 aromatic heterocycles. The van der Waals surface area contributed by atoms with Crippen LogP contribution in [-0.4, -0.2) is 32.0 Å². The van der Waals surface area contributed by atoms with E-state index in [9.17, 15) is 23.1 Å². The highest BCUT2D eigenvalue weighted by atomic mass is 32.1. The van der Waals surface area contributed by atoms with Crippen LogP contribution in [0.1, 0.15) is 21.6 Å². The van der Waals surface area contributed by atoms with Crippen LogP contribution in [0.15, 0.2) is 29.9 Å². The van der Waals surface area contributed by atoms with Crippen molar-refractivity contribution in [3.63, 3.8) is 0 Å². The average molecular weight is 394 g/mol. The zero-order valence-corrected chi connectivity index (χ0v) is 14.8. The van der Waals surface area contributed by atoms with Crippen LogP contribution in [0.3, 0.4) is 0 Å². The number of fused-ring (bicyclic) bond motifs is 1. The van der Waals surface area contributed by atoms with E-state index in [1.54, 1.807) is 24.4 Å². The molecule has 140 valence electrons. The second-order valence-corrected chi connectivity index (χ2v) is 7.13. The number of hydrogen-bond donors (Lipinski definition) is 1. The first kappa shape index (κ1) is 17.5. The summed E-state index contributed by atoms with van der Waals surface area (Å²) in [5, 5.41) is 14.8. The maximum atomic E-state index is 12.8. The molecular weight excluding hydrogens is 381 g/mol. The maximum absolute atomic E-state index is 12.8. The number of alkyl halides is 3. The van der Waals surface area contributed by atoms with E-state index in [1.807, 2.05) is 0 Å². The van der Waals surface area contributed by atoms with E-state index in [4.69, 9.17) is 0 Å². The van der Waals surface area contributed by atoms with Crippen molar-refractivity contribution in [2.75, 3.05) is 4.90 Å². The molecular formula is C17H13F3N4O2S. The smallest absolute Gasteiger partial charge is 0.408 e. The number of thiophene rings is 1. The van der Waals surface area contributed by atoms with Crippen LogP contribution in [0.4, 0.5) is 18.9 Å². The summed E-state index contributed by atoms with van der Waals surface area (Å²) in [4.78, 5) is 19.4. The van der Waals surface area contributed by atoms with Crippen LogP contribution in [0.5, 0.6) is 5.75 Å². The van der Waals surface area contributed by atoms with Crippen molar-refractivity contribution in [3.05, 3.63) is 46.7 Å². The fraction of sp³-hybridized carbons (Fsp3) is 0.235. The summed E-state index contributed by atoms with van der Waals surface area (Å²) in [6.07, 6.45) is -1.95. The van der Waals surface area contributed by atoms with Gasteiger partial charge in [0.15, 0.2) is 0 Å². The minimum Gasteiger partial charge on any atom is -0.507 e. The number of hydrogen-bond acceptors (Lipinski definition) is 5. The van der Waals surface area contributed by atoms with Gasteiger partial charge in [-0.25, -0.2) is 4.98 Å². The van der Waals surface area contributed by atoms with Gasteiger partial charge in [-0.1, -0.05) is 0 Å². The zero-order chi connectivity index (χ0) is 19.3. The Morgan fingerprint density at radius 1 is 1.33 bits per heavy atom. The fourth-order valence-electron chi connectivity index (χ4n) is 3.06. The summed E-state index contributed by atoms with van der Waals surface area (Å²) >= 11 is 1.33. The van der Waals surface area contributed by atoms with Crippen molar-refractivity contribution in [2.45, 2.75) is 26.2 Å². The second-order valence-electron chi connectivity index (χ2n) is 6.22. The normalized spacial score (nSPS) is 14.1. The first-order chi connectivity index (χ1) is 12.7. The molecule has 3 aromatic rings. The molecule has 1 aliphatic rings. The lowest BCUT2D eigenvalue weighted by Gasteiger charge is -2.12. The number of nitrogens with zero attached hydrogens (tertiary/aromatic N) is 4. The summed E-state index contributed by atoms with van der Waals surface area (Å²) in [7, 11) is 0. The van der Waals surface area contributed by atoms with Gasteiger partial charge in [-0.15, -0.1) is 11.3 Å². The van der Waals surface area contributed by atoms with Crippen LogP contribution >= 0.6 is 11.3 Å². The molecule has 0 bridgehead atoms. The van der Waals surface area contributed by atoms with Crippen LogP contribution in [0, 0.1) is 6.92 Å². The summed E-state index contributed by atoms with van der Waals surface area (Å²) in [5.74, 6) is -0.174. The largest absolute Gasteiger partial charge is 0.507 e. The van der Waals surface area contributed by atoms with Gasteiger partial charge in [0.05, 0.1) is 40.3 Å². The predicted molar refractivity (Wildman–Crippen MR) is 92.7 cm³/mol. The highest BCUT2D eigenvalue weighted by Crippen LogP contribution is 2.34. The van der Waals surface area contributed by atoms with Gasteiger partial charge in [0.1, 0.15) is 12.3 Å². The van der Waals surface area contributed by atoms with Crippen LogP contribution in [0.25, 0.3) is 10.6 Å². The van der Waals surface area contributed by atoms with Crippen molar-refractivity contribution < 1.29 is 23.1 Å². The maximum Gasteiger partial charge on any atom is 0.408 e. The van der Waals surface area contributed by atoms with E-state index in [0.29, 0.717) is 17.0 Å². The Morgan fingerprint density at radius 3 is 2.78 bits per heavy atom. The molecule has 1 amide bonds. The number of amides is 1. The number of aromatic hydroxyl groups is 1. The second kappa shape index (κ2) is 6.08. The topological polar surface area (TPSA) is 71.2 Å². The third-order valence-electron chi connectivity index (χ3n) is 4.17. The molecule has 0 spiro atoms. The molecule has 1 aliphatic heterocycles. The molecule has 0 fully saturated rings. The quantitative estimate of drug-likeness (QED) is 0.735. The fourth-order valence-corrected chi connectivity index (χ4v) is 3.79. The van der Waals surface area contributed by atoms with Gasteiger partial charge in [0, 0.05) is 17.6 Å². The third-order valence-corrected chi connectivity index (χ3v) is 5.11. The van der Waals surface area contributed by atoms with E-state index >= 15 is 0 Å². The van der Waals surface area contributed by atoms with Crippen molar-refractivity contribution in [3.8, 4) is 16.3 Å². The van der Waals surface area contributed by atoms with Crippen LogP contribution < -0.4 is 4.90 Å². The van der Waals surface area contributed by atoms with Crippen molar-refractivity contribution >= 4 is 22.9 Å². The molecule has 0 saturated heterocycles. The SMILES string of the molecule is Cc1cc(-c2cc(O)cs2)nc2c1C(=O)N(c1cnn(CC(F)(F)F)c1)C2. The molecule has 0 aromatic carbocycles. The first-order valence-corrected chi connectivity index (χ1v) is 8.79. The average Bonchev–Trinajstić information content (AvgIpc) is 3.25. The van der Waals surface area contributed by atoms with Crippen molar-refractivity contribution in [2.24, 2.45) is 0 Å². The Labute approximate surface area is 155 Å². The molecule has 0 saturated carbocycles. The van der Waals surface area contributed by atoms with E-state index in [-0.39, 0.29) is 23.9 Å². The first-order valence-electron chi connectivity index (χ1n) is 7.91. The molecule has 1 N–H and O–H groups in total. The predicted octanol–water partition coefficient (Wildman–Crippen LogP) is 3.74. The Balaban J connectivity index is 1.65. The standard InChI is InChI=1S/C17H13F3N4O2S/c1-9-2-12(14-3-11(25)7-27-14)22-13-6-24(16(26)15(9)13)10-4-21-23(5-10)8-17(18,19)20/h2-5,7,25H,6,8H2,1H3. The van der Waals surface area contributed by atoms with Gasteiger partial charge < -0.3 is 5.11 Å². The Hall–Kier alpha value is -2.88. The number of carbonyl (C=O) groups excluding carboxylic acids is 1. The minimum atomic E-state index is -4.39. The number of halogens is 3. The molecule has 4 rings (SSSR count). The monoisotopic (exact) mass is 394 g/mol. The van der Waals surface area contributed by atoms with Gasteiger partial charge in [-0.05, 0) is 18.6 Å². The van der Waals surface area contributed by atoms with Gasteiger partial charge in [-0.2, -0.15) is 18.3 Å². The molecule has 10 heteroatoms. The van der Waals surface area contributed by atoms with Crippen LogP contribution in [-0.2, 0) is 13.1 Å².